The SMILES string of the molecule is CCCCCCCCCCCCCCCCCCCCCCCCCCCCCCC(=O)OC(COC(=O)CCCCCCCCCCCCCCCCCCCCCCCCCCCC)COP(=O)([O-])OCC[N+](C)(C)C. The molecular weight excluding hydrogens is 990 g/mol. The third-order valence-corrected chi connectivity index (χ3v) is 17.1. The molecule has 0 saturated carbocycles. The van der Waals surface area contributed by atoms with Gasteiger partial charge in [0, 0.05) is 12.8 Å². The van der Waals surface area contributed by atoms with Gasteiger partial charge < -0.3 is 27.9 Å². The fraction of sp³-hybridized carbons (Fsp3) is 0.971. The number of phosphoric ester groups is 1. The summed E-state index contributed by atoms with van der Waals surface area (Å²) in [6, 6.07) is 0. The van der Waals surface area contributed by atoms with Crippen LogP contribution in [-0.2, 0) is 32.7 Å². The molecule has 9 nitrogen and oxygen atoms in total. The maximum atomic E-state index is 12.9. The summed E-state index contributed by atoms with van der Waals surface area (Å²) in [5.74, 6) is -0.804. The molecule has 0 aromatic carbocycles. The number of ether oxygens (including phenoxy) is 2. The molecule has 466 valence electrons. The largest absolute Gasteiger partial charge is 0.756 e. The lowest BCUT2D eigenvalue weighted by Crippen LogP contribution is -2.37. The molecule has 2 unspecified atom stereocenters. The van der Waals surface area contributed by atoms with Gasteiger partial charge in [-0.1, -0.05) is 348 Å². The number of esters is 2. The Labute approximate surface area is 486 Å². The summed E-state index contributed by atoms with van der Waals surface area (Å²) in [6.45, 7) is 4.34. The third-order valence-electron chi connectivity index (χ3n) is 16.1. The summed E-state index contributed by atoms with van der Waals surface area (Å²) in [7, 11) is 1.20. The quantitative estimate of drug-likeness (QED) is 0.0256. The fourth-order valence-electron chi connectivity index (χ4n) is 10.8. The van der Waals surface area contributed by atoms with Crippen LogP contribution in [0.1, 0.15) is 373 Å². The predicted molar refractivity (Wildman–Crippen MR) is 333 cm³/mol. The Hall–Kier alpha value is -0.990. The lowest BCUT2D eigenvalue weighted by molar-refractivity contribution is -0.870. The zero-order chi connectivity index (χ0) is 57.0. The van der Waals surface area contributed by atoms with Gasteiger partial charge in [-0.15, -0.1) is 0 Å². The van der Waals surface area contributed by atoms with Gasteiger partial charge in [0.15, 0.2) is 6.10 Å². The molecule has 78 heavy (non-hydrogen) atoms. The number of hydrogen-bond donors (Lipinski definition) is 0. The smallest absolute Gasteiger partial charge is 0.306 e. The number of quaternary nitrogens is 1. The summed E-state index contributed by atoms with van der Waals surface area (Å²) < 4.78 is 34.3. The topological polar surface area (TPSA) is 111 Å². The number of carbonyl (C=O) groups is 2. The first-order valence-electron chi connectivity index (χ1n) is 34.7. The number of carbonyl (C=O) groups excluding carboxylic acids is 2. The van der Waals surface area contributed by atoms with Crippen LogP contribution in [0.3, 0.4) is 0 Å². The molecule has 10 heteroatoms. The number of nitrogens with zero attached hydrogens (tertiary/aromatic N) is 1. The Morgan fingerprint density at radius 3 is 0.821 bits per heavy atom. The van der Waals surface area contributed by atoms with Crippen LogP contribution in [0.2, 0.25) is 0 Å². The summed E-state index contributed by atoms with van der Waals surface area (Å²) in [6.07, 6.45) is 71.9. The molecule has 0 spiro atoms. The Morgan fingerprint density at radius 1 is 0.346 bits per heavy atom. The van der Waals surface area contributed by atoms with E-state index in [9.17, 15) is 19.0 Å². The van der Waals surface area contributed by atoms with E-state index in [1.165, 1.54) is 308 Å². The molecule has 0 aromatic rings. The monoisotopic (exact) mass is 1130 g/mol. The molecule has 2 atom stereocenters. The first-order valence-corrected chi connectivity index (χ1v) is 36.2. The molecule has 0 bridgehead atoms. The van der Waals surface area contributed by atoms with Gasteiger partial charge in [-0.05, 0) is 12.8 Å². The molecule has 0 aliphatic rings. The summed E-state index contributed by atoms with van der Waals surface area (Å²) in [4.78, 5) is 38.0. The first kappa shape index (κ1) is 77.0. The number of likely N-dealkylation sites (N-methyl/N-ethyl adjacent to an activating group) is 1. The summed E-state index contributed by atoms with van der Waals surface area (Å²) >= 11 is 0. The van der Waals surface area contributed by atoms with Crippen LogP contribution in [0.5, 0.6) is 0 Å². The van der Waals surface area contributed by atoms with E-state index in [4.69, 9.17) is 18.5 Å². The summed E-state index contributed by atoms with van der Waals surface area (Å²) in [5, 5.41) is 0. The van der Waals surface area contributed by atoms with Crippen molar-refractivity contribution in [3.05, 3.63) is 0 Å². The van der Waals surface area contributed by atoms with Crippen LogP contribution < -0.4 is 4.89 Å². The van der Waals surface area contributed by atoms with Gasteiger partial charge in [-0.3, -0.25) is 14.2 Å². The van der Waals surface area contributed by atoms with E-state index in [0.29, 0.717) is 17.4 Å². The van der Waals surface area contributed by atoms with E-state index in [1.807, 2.05) is 21.1 Å². The molecule has 0 aliphatic carbocycles. The van der Waals surface area contributed by atoms with Crippen LogP contribution >= 0.6 is 7.82 Å². The molecule has 0 amide bonds. The van der Waals surface area contributed by atoms with Gasteiger partial charge in [-0.25, -0.2) is 0 Å². The lowest BCUT2D eigenvalue weighted by Gasteiger charge is -2.28. The van der Waals surface area contributed by atoms with Gasteiger partial charge in [0.2, 0.25) is 0 Å². The molecule has 0 aromatic heterocycles. The van der Waals surface area contributed by atoms with Crippen LogP contribution in [0.25, 0.3) is 0 Å². The molecular formula is C68H136NO8P. The zero-order valence-electron chi connectivity index (χ0n) is 53.2. The van der Waals surface area contributed by atoms with E-state index in [1.54, 1.807) is 0 Å². The minimum Gasteiger partial charge on any atom is -0.756 e. The van der Waals surface area contributed by atoms with Crippen molar-refractivity contribution in [3.63, 3.8) is 0 Å². The maximum Gasteiger partial charge on any atom is 0.306 e. The standard InChI is InChI=1S/C68H136NO8P/c1-6-8-10-12-14-16-18-20-22-24-26-28-30-32-34-35-37-39-41-43-45-47-49-51-53-55-57-59-61-68(71)77-66(65-76-78(72,73)75-63-62-69(3,4)5)64-74-67(70)60-58-56-54-52-50-48-46-44-42-40-38-36-33-31-29-27-25-23-21-19-17-15-13-11-9-7-2/h66H,6-65H2,1-5H3. The average Bonchev–Trinajstić information content (AvgIpc) is 3.40. The molecule has 0 saturated heterocycles. The molecule has 0 fully saturated rings. The van der Waals surface area contributed by atoms with Gasteiger partial charge in [0.25, 0.3) is 7.82 Å². The van der Waals surface area contributed by atoms with Crippen molar-refractivity contribution in [1.29, 1.82) is 0 Å². The van der Waals surface area contributed by atoms with E-state index in [2.05, 4.69) is 13.8 Å². The fourth-order valence-corrected chi connectivity index (χ4v) is 11.5. The Kier molecular flexibility index (Phi) is 59.8. The Bertz CT molecular complexity index is 1280. The van der Waals surface area contributed by atoms with Crippen LogP contribution in [0.4, 0.5) is 0 Å². The van der Waals surface area contributed by atoms with E-state index < -0.39 is 26.5 Å². The van der Waals surface area contributed by atoms with Crippen LogP contribution in [-0.4, -0.2) is 70.0 Å². The number of rotatable bonds is 66. The zero-order valence-corrected chi connectivity index (χ0v) is 54.1. The number of phosphoric acid groups is 1. The van der Waals surface area contributed by atoms with Gasteiger partial charge in [0.1, 0.15) is 19.8 Å². The predicted octanol–water partition coefficient (Wildman–Crippen LogP) is 21.5. The second-order valence-electron chi connectivity index (χ2n) is 25.3. The number of unbranched alkanes of at least 4 members (excludes halogenated alkanes) is 52. The van der Waals surface area contributed by atoms with Crippen LogP contribution in [0, 0.1) is 0 Å². The molecule has 0 aliphatic heterocycles. The van der Waals surface area contributed by atoms with E-state index in [0.717, 1.165) is 32.1 Å². The minimum atomic E-state index is -4.63. The van der Waals surface area contributed by atoms with Crippen LogP contribution in [0.15, 0.2) is 0 Å². The van der Waals surface area contributed by atoms with Crippen molar-refractivity contribution in [3.8, 4) is 0 Å². The van der Waals surface area contributed by atoms with Gasteiger partial charge >= 0.3 is 11.9 Å². The van der Waals surface area contributed by atoms with Crippen molar-refractivity contribution < 1.29 is 42.1 Å². The minimum absolute atomic E-state index is 0.0248. The van der Waals surface area contributed by atoms with Gasteiger partial charge in [-0.2, -0.15) is 0 Å². The Balaban J connectivity index is 3.98. The highest BCUT2D eigenvalue weighted by Crippen LogP contribution is 2.38. The maximum absolute atomic E-state index is 12.9. The van der Waals surface area contributed by atoms with Crippen molar-refractivity contribution in [2.45, 2.75) is 380 Å². The molecule has 0 heterocycles. The second-order valence-corrected chi connectivity index (χ2v) is 26.7. The summed E-state index contributed by atoms with van der Waals surface area (Å²) in [5.41, 5.74) is 0. The van der Waals surface area contributed by atoms with Gasteiger partial charge in [0.05, 0.1) is 27.7 Å². The first-order chi connectivity index (χ1) is 38.0. The second kappa shape index (κ2) is 60.6. The third kappa shape index (κ3) is 64.2. The highest BCUT2D eigenvalue weighted by Gasteiger charge is 2.22. The molecule has 0 radical (unpaired) electrons. The highest BCUT2D eigenvalue weighted by atomic mass is 31.2. The normalized spacial score (nSPS) is 13.1. The van der Waals surface area contributed by atoms with Crippen molar-refractivity contribution in [2.24, 2.45) is 0 Å². The number of hydrogen-bond acceptors (Lipinski definition) is 8. The van der Waals surface area contributed by atoms with E-state index >= 15 is 0 Å². The van der Waals surface area contributed by atoms with Crippen molar-refractivity contribution in [2.75, 3.05) is 47.5 Å². The molecule has 0 rings (SSSR count). The van der Waals surface area contributed by atoms with Crippen molar-refractivity contribution in [1.82, 2.24) is 0 Å². The molecule has 0 N–H and O–H groups in total. The lowest BCUT2D eigenvalue weighted by atomic mass is 10.0. The van der Waals surface area contributed by atoms with E-state index in [-0.39, 0.29) is 32.0 Å². The van der Waals surface area contributed by atoms with Crippen molar-refractivity contribution >= 4 is 19.8 Å². The average molecular weight is 1130 g/mol. The Morgan fingerprint density at radius 2 is 0.577 bits per heavy atom. The highest BCUT2D eigenvalue weighted by molar-refractivity contribution is 7.45.